The van der Waals surface area contributed by atoms with E-state index in [1.807, 2.05) is 39.9 Å². The third-order valence-corrected chi connectivity index (χ3v) is 2.99. The number of ether oxygens (including phenoxy) is 2. The fourth-order valence-electron chi connectivity index (χ4n) is 1.05. The van der Waals surface area contributed by atoms with Crippen molar-refractivity contribution in [3.05, 3.63) is 0 Å². The summed E-state index contributed by atoms with van der Waals surface area (Å²) in [7, 11) is -4.28. The smallest absolute Gasteiger partial charge is 0.410 e. The molecule has 0 saturated carbocycles. The van der Waals surface area contributed by atoms with Crippen LogP contribution >= 0.6 is 7.60 Å². The summed E-state index contributed by atoms with van der Waals surface area (Å²) >= 11 is 0. The molecule has 0 saturated heterocycles. The maximum absolute atomic E-state index is 11.3. The lowest BCUT2D eigenvalue weighted by molar-refractivity contribution is -0.153. The van der Waals surface area contributed by atoms with Gasteiger partial charge >= 0.3 is 25.6 Å². The van der Waals surface area contributed by atoms with Crippen LogP contribution in [0.5, 0.6) is 0 Å². The highest BCUT2D eigenvalue weighted by Crippen LogP contribution is 2.39. The highest BCUT2D eigenvalue weighted by molar-refractivity contribution is 7.52. The van der Waals surface area contributed by atoms with Crippen molar-refractivity contribution in [2.75, 3.05) is 19.7 Å². The molecule has 0 fully saturated rings. The molecule has 0 radical (unpaired) electrons. The average Bonchev–Trinajstić information content (AvgIpc) is 2.41. The Kier molecular flexibility index (Phi) is 12.9. The highest BCUT2D eigenvalue weighted by Gasteiger charge is 2.22. The van der Waals surface area contributed by atoms with Crippen molar-refractivity contribution in [3.63, 3.8) is 0 Å². The number of carbonyl (C=O) groups is 3. The number of hydrogen-bond acceptors (Lipinski definition) is 8. The van der Waals surface area contributed by atoms with E-state index in [4.69, 9.17) is 15.7 Å². The first-order valence-corrected chi connectivity index (χ1v) is 9.41. The van der Waals surface area contributed by atoms with Crippen molar-refractivity contribution in [2.24, 2.45) is 11.1 Å². The number of nitrogens with one attached hydrogen (secondary N) is 1. The molecule has 154 valence electrons. The summed E-state index contributed by atoms with van der Waals surface area (Å²) in [5.74, 6) is -1.99. The Morgan fingerprint density at radius 3 is 2.12 bits per heavy atom. The van der Waals surface area contributed by atoms with Gasteiger partial charge in [0.2, 0.25) is 6.79 Å². The summed E-state index contributed by atoms with van der Waals surface area (Å²) in [6.07, 6.45) is -1.82. The van der Waals surface area contributed by atoms with Crippen LogP contribution in [0.25, 0.3) is 0 Å². The molecule has 0 aliphatic rings. The van der Waals surface area contributed by atoms with Gasteiger partial charge in [-0.05, 0) is 11.5 Å². The second-order valence-corrected chi connectivity index (χ2v) is 8.54. The minimum absolute atomic E-state index is 0.132. The second kappa shape index (κ2) is 12.6. The van der Waals surface area contributed by atoms with Gasteiger partial charge in [0, 0.05) is 0 Å². The molecule has 0 aromatic heterocycles. The third-order valence-electron chi connectivity index (χ3n) is 1.90. The van der Waals surface area contributed by atoms with Crippen LogP contribution in [0.2, 0.25) is 0 Å². The normalized spacial score (nSPS) is 13.1. The van der Waals surface area contributed by atoms with E-state index < -0.39 is 45.3 Å². The Hall–Kier alpha value is -1.68. The summed E-state index contributed by atoms with van der Waals surface area (Å²) in [5.41, 5.74) is 4.84. The van der Waals surface area contributed by atoms with Gasteiger partial charge in [-0.1, -0.05) is 34.6 Å². The van der Waals surface area contributed by atoms with Crippen LogP contribution in [-0.4, -0.2) is 53.8 Å². The van der Waals surface area contributed by atoms with E-state index in [-0.39, 0.29) is 11.8 Å². The molecule has 12 heteroatoms. The topological polar surface area (TPSA) is 174 Å². The fourth-order valence-corrected chi connectivity index (χ4v) is 1.78. The zero-order valence-corrected chi connectivity index (χ0v) is 16.6. The predicted octanol–water partition coefficient (Wildman–Crippen LogP) is 1.25. The number of aliphatic carboxylic acids is 1. The van der Waals surface area contributed by atoms with E-state index in [1.54, 1.807) is 0 Å². The zero-order valence-electron chi connectivity index (χ0n) is 15.7. The molecule has 0 aromatic carbocycles. The molecule has 0 spiro atoms. The molecule has 0 aliphatic carbocycles. The fraction of sp³-hybridized carbons (Fsp3) is 0.786. The van der Waals surface area contributed by atoms with Gasteiger partial charge in [0.05, 0.1) is 6.42 Å². The van der Waals surface area contributed by atoms with Gasteiger partial charge in [-0.2, -0.15) is 0 Å². The van der Waals surface area contributed by atoms with Crippen LogP contribution in [0.15, 0.2) is 0 Å². The predicted molar refractivity (Wildman–Crippen MR) is 92.3 cm³/mol. The summed E-state index contributed by atoms with van der Waals surface area (Å²) in [6, 6.07) is 0.333. The van der Waals surface area contributed by atoms with Gasteiger partial charge in [0.25, 0.3) is 0 Å². The van der Waals surface area contributed by atoms with E-state index in [0.717, 1.165) is 0 Å². The molecule has 0 rings (SSSR count). The van der Waals surface area contributed by atoms with Crippen molar-refractivity contribution >= 4 is 25.6 Å². The molecule has 0 bridgehead atoms. The quantitative estimate of drug-likeness (QED) is 0.263. The van der Waals surface area contributed by atoms with E-state index in [9.17, 15) is 18.9 Å². The molecular weight excluding hydrogens is 371 g/mol. The number of hydrogen-bond donors (Lipinski definition) is 4. The zero-order chi connectivity index (χ0) is 21.0. The van der Waals surface area contributed by atoms with Gasteiger partial charge in [0.1, 0.15) is 6.29 Å². The van der Waals surface area contributed by atoms with Crippen LogP contribution < -0.4 is 11.1 Å². The number of nitrogens with two attached hydrogens (primary N) is 1. The molecule has 0 aromatic rings. The van der Waals surface area contributed by atoms with E-state index in [2.05, 4.69) is 14.0 Å². The Labute approximate surface area is 152 Å². The SMILES string of the molecule is CC(C)(C)CC(=O)OCOC(=O)NCP(=O)(O)OCC(=O)O.CC(C)N. The summed E-state index contributed by atoms with van der Waals surface area (Å²) < 4.78 is 24.6. The van der Waals surface area contributed by atoms with Gasteiger partial charge in [-0.15, -0.1) is 0 Å². The number of alkyl carbamates (subject to hydrolysis) is 1. The Balaban J connectivity index is 0. The molecular formula is C14H29N2O9P. The average molecular weight is 400 g/mol. The number of amides is 1. The Bertz CT molecular complexity index is 500. The molecule has 1 atom stereocenters. The van der Waals surface area contributed by atoms with Crippen molar-refractivity contribution < 1.29 is 42.9 Å². The number of esters is 1. The first-order chi connectivity index (χ1) is 11.6. The number of rotatable bonds is 8. The number of carboxylic acids is 1. The Morgan fingerprint density at radius 1 is 1.19 bits per heavy atom. The van der Waals surface area contributed by atoms with E-state index in [0.29, 0.717) is 6.04 Å². The minimum Gasteiger partial charge on any atom is -0.480 e. The van der Waals surface area contributed by atoms with E-state index in [1.165, 1.54) is 0 Å². The lowest BCUT2D eigenvalue weighted by atomic mass is 9.93. The van der Waals surface area contributed by atoms with Crippen LogP contribution in [0.1, 0.15) is 41.0 Å². The van der Waals surface area contributed by atoms with Crippen LogP contribution in [0.3, 0.4) is 0 Å². The molecule has 1 unspecified atom stereocenters. The van der Waals surface area contributed by atoms with Crippen molar-refractivity contribution in [1.29, 1.82) is 0 Å². The van der Waals surface area contributed by atoms with Crippen LogP contribution in [0, 0.1) is 5.41 Å². The molecule has 1 amide bonds. The van der Waals surface area contributed by atoms with Gasteiger partial charge in [0.15, 0.2) is 6.61 Å². The first kappa shape index (κ1) is 26.5. The van der Waals surface area contributed by atoms with Crippen molar-refractivity contribution in [1.82, 2.24) is 5.32 Å². The van der Waals surface area contributed by atoms with Gasteiger partial charge < -0.3 is 30.5 Å². The minimum atomic E-state index is -4.28. The second-order valence-electron chi connectivity index (χ2n) is 6.69. The summed E-state index contributed by atoms with van der Waals surface area (Å²) in [6.45, 7) is 7.76. The monoisotopic (exact) mass is 400 g/mol. The largest absolute Gasteiger partial charge is 0.480 e. The third kappa shape index (κ3) is 22.3. The standard InChI is InChI=1S/C11H20NO9P.C3H9N/c1-11(2,3)4-9(15)19-7-20-10(16)12-6-22(17,18)21-5-8(13)14;1-3(2)4/h4-7H2,1-3H3,(H,12,16)(H,13,14)(H,17,18);3H,4H2,1-2H3. The summed E-state index contributed by atoms with van der Waals surface area (Å²) in [5, 5.41) is 10.2. The molecule has 5 N–H and O–H groups in total. The van der Waals surface area contributed by atoms with Gasteiger partial charge in [-0.3, -0.25) is 13.9 Å². The molecule has 26 heavy (non-hydrogen) atoms. The van der Waals surface area contributed by atoms with Crippen molar-refractivity contribution in [2.45, 2.75) is 47.1 Å². The van der Waals surface area contributed by atoms with Crippen LogP contribution in [0.4, 0.5) is 4.79 Å². The first-order valence-electron chi connectivity index (χ1n) is 7.64. The van der Waals surface area contributed by atoms with Gasteiger partial charge in [-0.25, -0.2) is 9.59 Å². The Morgan fingerprint density at radius 2 is 1.69 bits per heavy atom. The molecule has 0 aliphatic heterocycles. The lowest BCUT2D eigenvalue weighted by Crippen LogP contribution is -2.28. The number of carboxylic acid groups (broad SMARTS) is 1. The van der Waals surface area contributed by atoms with E-state index >= 15 is 0 Å². The van der Waals surface area contributed by atoms with Crippen molar-refractivity contribution in [3.8, 4) is 0 Å². The number of carbonyl (C=O) groups excluding carboxylic acids is 2. The van der Waals surface area contributed by atoms with Crippen LogP contribution in [-0.2, 0) is 28.2 Å². The maximum atomic E-state index is 11.3. The maximum Gasteiger partial charge on any atom is 0.410 e. The molecule has 0 heterocycles. The highest BCUT2D eigenvalue weighted by atomic mass is 31.2. The molecule has 11 nitrogen and oxygen atoms in total. The lowest BCUT2D eigenvalue weighted by Gasteiger charge is -2.16. The summed E-state index contributed by atoms with van der Waals surface area (Å²) in [4.78, 5) is 41.8.